The van der Waals surface area contributed by atoms with Crippen molar-refractivity contribution in [3.8, 4) is 0 Å². The molecule has 0 saturated heterocycles. The number of rotatable bonds is 2. The molecule has 0 aromatic heterocycles. The minimum atomic E-state index is -1.29. The van der Waals surface area contributed by atoms with E-state index in [9.17, 15) is 5.11 Å². The fraction of sp³-hybridized carbons (Fsp3) is 0.0976. The maximum Gasteiger partial charge on any atom is 2.00 e. The van der Waals surface area contributed by atoms with Gasteiger partial charge in [0.2, 0.25) is 0 Å². The summed E-state index contributed by atoms with van der Waals surface area (Å²) in [5, 5.41) is 14.7. The Kier molecular flexibility index (Phi) is 10.8. The average molecular weight is 651 g/mol. The molecule has 2 nitrogen and oxygen atoms in total. The van der Waals surface area contributed by atoms with Crippen molar-refractivity contribution in [2.45, 2.75) is 26.4 Å². The van der Waals surface area contributed by atoms with Crippen LogP contribution >= 0.6 is 0 Å². The third-order valence-corrected chi connectivity index (χ3v) is 7.61. The molecule has 6 aromatic rings. The molecule has 0 amide bonds. The number of hydrogen-bond acceptors (Lipinski definition) is 2. The van der Waals surface area contributed by atoms with Crippen molar-refractivity contribution in [1.82, 2.24) is 0 Å². The number of hydrogen-bond donors (Lipinski definition) is 1. The number of benzene rings is 6. The summed E-state index contributed by atoms with van der Waals surface area (Å²) in [5.41, 5.74) is 8.60. The molecule has 0 aliphatic heterocycles. The van der Waals surface area contributed by atoms with Gasteiger partial charge in [-0.25, -0.2) is 4.99 Å². The minimum Gasteiger partial charge on any atom is -0.374 e. The molecule has 0 heterocycles. The summed E-state index contributed by atoms with van der Waals surface area (Å²) in [7, 11) is 0. The van der Waals surface area contributed by atoms with Crippen LogP contribution in [0.1, 0.15) is 44.5 Å². The largest absolute Gasteiger partial charge is 2.00 e. The van der Waals surface area contributed by atoms with Gasteiger partial charge in [-0.3, -0.25) is 0 Å². The zero-order valence-electron chi connectivity index (χ0n) is 25.6. The summed E-state index contributed by atoms with van der Waals surface area (Å²) < 4.78 is 0. The van der Waals surface area contributed by atoms with Gasteiger partial charge in [-0.15, -0.1) is 24.3 Å². The molecule has 1 atom stereocenters. The summed E-state index contributed by atoms with van der Waals surface area (Å²) >= 11 is 0. The Morgan fingerprint density at radius 1 is 0.591 bits per heavy atom. The van der Waals surface area contributed by atoms with E-state index in [4.69, 9.17) is 4.99 Å². The molecule has 0 saturated carbocycles. The van der Waals surface area contributed by atoms with Crippen molar-refractivity contribution in [1.29, 1.82) is 0 Å². The summed E-state index contributed by atoms with van der Waals surface area (Å²) in [6.07, 6.45) is 0. The topological polar surface area (TPSA) is 32.6 Å². The molecule has 7 rings (SSSR count). The second-order valence-corrected chi connectivity index (χ2v) is 11.0. The number of para-hydroxylation sites is 1. The fourth-order valence-electron chi connectivity index (χ4n) is 5.89. The molecule has 0 spiro atoms. The average Bonchev–Trinajstić information content (AvgIpc) is 3.24. The van der Waals surface area contributed by atoms with Crippen LogP contribution in [0.3, 0.4) is 0 Å². The van der Waals surface area contributed by atoms with E-state index in [1.807, 2.05) is 109 Å². The van der Waals surface area contributed by atoms with Crippen LogP contribution in [-0.2, 0) is 31.8 Å². The Morgan fingerprint density at radius 2 is 1.07 bits per heavy atom. The number of aliphatic imine (C=N–C) groups is 1. The molecule has 0 radical (unpaired) electrons. The van der Waals surface area contributed by atoms with Gasteiger partial charge >= 0.3 is 26.2 Å². The van der Waals surface area contributed by atoms with Crippen LogP contribution < -0.4 is 0 Å². The van der Waals surface area contributed by atoms with Crippen molar-refractivity contribution in [2.75, 3.05) is 0 Å². The summed E-state index contributed by atoms with van der Waals surface area (Å²) in [6, 6.07) is 46.3. The maximum atomic E-state index is 12.4. The third-order valence-electron chi connectivity index (χ3n) is 7.61. The third kappa shape index (κ3) is 6.97. The van der Waals surface area contributed by atoms with Gasteiger partial charge in [0.25, 0.3) is 0 Å². The Bertz CT molecular complexity index is 1800. The van der Waals surface area contributed by atoms with Crippen LogP contribution in [0, 0.1) is 34.6 Å². The van der Waals surface area contributed by atoms with Gasteiger partial charge in [0, 0.05) is 16.7 Å². The molecule has 44 heavy (non-hydrogen) atoms. The second kappa shape index (κ2) is 14.5. The summed E-state index contributed by atoms with van der Waals surface area (Å²) in [4.78, 5) is 5.00. The zero-order chi connectivity index (χ0) is 30.4. The number of nitrogens with zero attached hydrogens (tertiary/aromatic N) is 1. The molecule has 1 aliphatic rings. The molecular formula is C41H37NOZr. The van der Waals surface area contributed by atoms with Gasteiger partial charge < -0.3 is 5.11 Å². The number of aliphatic hydroxyl groups is 1. The van der Waals surface area contributed by atoms with E-state index >= 15 is 0 Å². The Hall–Kier alpha value is -4.17. The Labute approximate surface area is 281 Å². The first-order valence-electron chi connectivity index (χ1n) is 14.5. The van der Waals surface area contributed by atoms with Gasteiger partial charge in [0.15, 0.2) is 5.60 Å². The van der Waals surface area contributed by atoms with Crippen LogP contribution in [-0.4, -0.2) is 10.8 Å². The van der Waals surface area contributed by atoms with Gasteiger partial charge in [-0.1, -0.05) is 84.4 Å². The monoisotopic (exact) mass is 649 g/mol. The SMILES string of the molecule is Cc1cc(C)c(C2(O)C(=Nc3ccccc3)c3cccc4cccc2c34)c(C)c1.[CH2-]c1ccccc1.[CH2-]c1ccccc1.[Zr+2]. The van der Waals surface area contributed by atoms with Crippen molar-refractivity contribution in [2.24, 2.45) is 4.99 Å². The standard InChI is InChI=1S/C27H23NO.2C7H7.Zr/c1-17-15-18(2)25(19(3)16-17)27(29)23-14-8-10-20-9-7-13-22(24(20)23)26(27)28-21-11-5-4-6-12-21;2*1-7-5-3-2-4-6-7;/h4-16,29H,1-3H3;2*2-6H,1H2;/q;2*-1;+2. The van der Waals surface area contributed by atoms with Crippen LogP contribution in [0.5, 0.6) is 0 Å². The second-order valence-electron chi connectivity index (χ2n) is 11.0. The smallest absolute Gasteiger partial charge is 0.374 e. The molecule has 1 aliphatic carbocycles. The predicted octanol–water partition coefficient (Wildman–Crippen LogP) is 9.87. The van der Waals surface area contributed by atoms with Crippen LogP contribution in [0.2, 0.25) is 0 Å². The molecule has 1 N–H and O–H groups in total. The normalized spacial score (nSPS) is 15.4. The summed E-state index contributed by atoms with van der Waals surface area (Å²) in [5.74, 6) is 0. The van der Waals surface area contributed by atoms with Crippen molar-refractivity contribution < 1.29 is 31.3 Å². The predicted molar refractivity (Wildman–Crippen MR) is 182 cm³/mol. The van der Waals surface area contributed by atoms with E-state index in [1.54, 1.807) is 0 Å². The van der Waals surface area contributed by atoms with Gasteiger partial charge in [-0.2, -0.15) is 49.2 Å². The first-order valence-corrected chi connectivity index (χ1v) is 14.5. The van der Waals surface area contributed by atoms with E-state index in [-0.39, 0.29) is 26.2 Å². The minimum absolute atomic E-state index is 0. The van der Waals surface area contributed by atoms with Gasteiger partial charge in [0.1, 0.15) is 0 Å². The molecule has 0 fully saturated rings. The van der Waals surface area contributed by atoms with E-state index in [1.165, 1.54) is 5.56 Å². The van der Waals surface area contributed by atoms with E-state index in [0.717, 1.165) is 55.4 Å². The first-order chi connectivity index (χ1) is 20.8. The van der Waals surface area contributed by atoms with Crippen molar-refractivity contribution in [3.05, 3.63) is 198 Å². The van der Waals surface area contributed by atoms with Gasteiger partial charge in [0.05, 0.1) is 11.4 Å². The zero-order valence-corrected chi connectivity index (χ0v) is 28.0. The maximum absolute atomic E-state index is 12.4. The Balaban J connectivity index is 0.000000242. The van der Waals surface area contributed by atoms with Crippen molar-refractivity contribution >= 4 is 22.2 Å². The molecule has 6 aromatic carbocycles. The Morgan fingerprint density at radius 3 is 1.55 bits per heavy atom. The van der Waals surface area contributed by atoms with Crippen LogP contribution in [0.25, 0.3) is 10.8 Å². The fourth-order valence-corrected chi connectivity index (χ4v) is 5.89. The summed E-state index contributed by atoms with van der Waals surface area (Å²) in [6.45, 7) is 13.7. The van der Waals surface area contributed by atoms with E-state index in [2.05, 4.69) is 65.0 Å². The molecule has 1 unspecified atom stereocenters. The molecular weight excluding hydrogens is 614 g/mol. The molecule has 3 heteroatoms. The van der Waals surface area contributed by atoms with Crippen LogP contribution in [0.15, 0.2) is 145 Å². The molecule has 216 valence electrons. The quantitative estimate of drug-likeness (QED) is 0.186. The molecule has 0 bridgehead atoms. The van der Waals surface area contributed by atoms with E-state index in [0.29, 0.717) is 5.71 Å². The number of aryl methyl sites for hydroxylation is 3. The van der Waals surface area contributed by atoms with Crippen LogP contribution in [0.4, 0.5) is 5.69 Å². The van der Waals surface area contributed by atoms with E-state index < -0.39 is 5.60 Å². The van der Waals surface area contributed by atoms with Crippen molar-refractivity contribution in [3.63, 3.8) is 0 Å². The van der Waals surface area contributed by atoms with Gasteiger partial charge in [-0.05, 0) is 54.8 Å². The first kappa shape index (κ1) is 32.7.